The predicted octanol–water partition coefficient (Wildman–Crippen LogP) is 0.745. The highest BCUT2D eigenvalue weighted by molar-refractivity contribution is 6.68. The molecule has 0 amide bonds. The topological polar surface area (TPSA) is 55.4 Å². The molecule has 0 aromatic heterocycles. The van der Waals surface area contributed by atoms with E-state index in [9.17, 15) is 0 Å². The average Bonchev–Trinajstić information content (AvgIpc) is 2.34. The molecule has 1 atom stereocenters. The van der Waals surface area contributed by atoms with Crippen LogP contribution in [0.15, 0.2) is 0 Å². The third-order valence-corrected chi connectivity index (χ3v) is 7.89. The molecule has 6 nitrogen and oxygen atoms in total. The first kappa shape index (κ1) is 15.3. The van der Waals surface area contributed by atoms with Gasteiger partial charge in [0.1, 0.15) is 12.5 Å². The Bertz CT molecular complexity index is 212. The summed E-state index contributed by atoms with van der Waals surface area (Å²) in [7, 11) is -3.73. The van der Waals surface area contributed by atoms with E-state index in [1.165, 1.54) is 0 Å². The second-order valence-corrected chi connectivity index (χ2v) is 8.61. The Balaban J connectivity index is 2.61. The van der Waals surface area contributed by atoms with Crippen molar-refractivity contribution in [1.82, 2.24) is 0 Å². The summed E-state index contributed by atoms with van der Waals surface area (Å²) in [6, 6.07) is 0. The largest absolute Gasteiger partial charge is 0.526 e. The lowest BCUT2D eigenvalue weighted by molar-refractivity contribution is -0.0133. The molecule has 1 unspecified atom stereocenters. The van der Waals surface area contributed by atoms with Crippen LogP contribution in [0.5, 0.6) is 0 Å². The molecule has 1 aliphatic rings. The molecular weight excluding hydrogens is 260 g/mol. The van der Waals surface area contributed by atoms with Crippen molar-refractivity contribution in [2.24, 2.45) is 0 Å². The van der Waals surface area contributed by atoms with E-state index in [-0.39, 0.29) is 0 Å². The van der Waals surface area contributed by atoms with Gasteiger partial charge in [-0.15, -0.1) is 0 Å². The van der Waals surface area contributed by atoms with E-state index in [1.807, 2.05) is 20.8 Å². The van der Waals surface area contributed by atoms with Crippen LogP contribution in [0.2, 0.25) is 0 Å². The molecule has 8 heteroatoms. The van der Waals surface area contributed by atoms with Gasteiger partial charge in [-0.2, -0.15) is 0 Å². The van der Waals surface area contributed by atoms with Crippen molar-refractivity contribution in [2.45, 2.75) is 20.8 Å². The van der Waals surface area contributed by atoms with Crippen molar-refractivity contribution < 1.29 is 26.6 Å². The summed E-state index contributed by atoms with van der Waals surface area (Å²) >= 11 is 0. The highest BCUT2D eigenvalue weighted by Crippen LogP contribution is 2.23. The summed E-state index contributed by atoms with van der Waals surface area (Å²) in [5.74, 6) is 0. The minimum atomic E-state index is -2.66. The smallest absolute Gasteiger partial charge is 0.376 e. The molecule has 1 heterocycles. The minimum Gasteiger partial charge on any atom is -0.376 e. The van der Waals surface area contributed by atoms with Crippen molar-refractivity contribution in [1.29, 1.82) is 0 Å². The Morgan fingerprint density at radius 2 is 1.24 bits per heavy atom. The Kier molecular flexibility index (Phi) is 6.23. The highest BCUT2D eigenvalue weighted by atomic mass is 28.4. The van der Waals surface area contributed by atoms with Crippen LogP contribution in [-0.2, 0) is 26.6 Å². The summed E-state index contributed by atoms with van der Waals surface area (Å²) < 4.78 is 33.7. The van der Waals surface area contributed by atoms with Crippen LogP contribution in [0.1, 0.15) is 20.8 Å². The van der Waals surface area contributed by atoms with Crippen molar-refractivity contribution in [3.63, 3.8) is 0 Å². The fraction of sp³-hybridized carbons (Fsp3) is 1.00. The van der Waals surface area contributed by atoms with Gasteiger partial charge in [0.25, 0.3) is 0 Å². The summed E-state index contributed by atoms with van der Waals surface area (Å²) in [6.07, 6.45) is 0.596. The SMILES string of the molecule is CCO[Si]1(OC)CO[Si](OCC)(OCC)CO1. The van der Waals surface area contributed by atoms with Crippen LogP contribution in [-0.4, -0.2) is 57.0 Å². The molecule has 0 bridgehead atoms. The molecule has 1 fully saturated rings. The van der Waals surface area contributed by atoms with Gasteiger partial charge in [-0.25, -0.2) is 0 Å². The molecular formula is C9H22O6Si2. The fourth-order valence-corrected chi connectivity index (χ4v) is 7.20. The van der Waals surface area contributed by atoms with Gasteiger partial charge in [0.2, 0.25) is 0 Å². The first-order chi connectivity index (χ1) is 8.16. The summed E-state index contributed by atoms with van der Waals surface area (Å²) in [4.78, 5) is 0. The molecule has 1 saturated heterocycles. The van der Waals surface area contributed by atoms with Gasteiger partial charge < -0.3 is 26.6 Å². The van der Waals surface area contributed by atoms with Crippen LogP contribution < -0.4 is 0 Å². The molecule has 0 aliphatic carbocycles. The van der Waals surface area contributed by atoms with Crippen LogP contribution in [0.3, 0.4) is 0 Å². The lowest BCUT2D eigenvalue weighted by Crippen LogP contribution is -2.65. The Morgan fingerprint density at radius 1 is 0.824 bits per heavy atom. The first-order valence-corrected chi connectivity index (χ1v) is 9.77. The van der Waals surface area contributed by atoms with Gasteiger partial charge >= 0.3 is 17.6 Å². The lowest BCUT2D eigenvalue weighted by atomic mass is 10.9. The van der Waals surface area contributed by atoms with E-state index >= 15 is 0 Å². The molecule has 0 saturated carbocycles. The molecule has 1 rings (SSSR count). The van der Waals surface area contributed by atoms with Gasteiger partial charge in [-0.3, -0.25) is 0 Å². The van der Waals surface area contributed by atoms with Crippen LogP contribution >= 0.6 is 0 Å². The van der Waals surface area contributed by atoms with Crippen LogP contribution in [0.4, 0.5) is 0 Å². The van der Waals surface area contributed by atoms with Gasteiger partial charge in [-0.1, -0.05) is 0 Å². The van der Waals surface area contributed by atoms with Crippen molar-refractivity contribution in [3.05, 3.63) is 0 Å². The first-order valence-electron chi connectivity index (χ1n) is 5.90. The second kappa shape index (κ2) is 6.95. The lowest BCUT2D eigenvalue weighted by Gasteiger charge is -2.39. The molecule has 0 aromatic rings. The van der Waals surface area contributed by atoms with Crippen molar-refractivity contribution in [2.75, 3.05) is 39.4 Å². The Hall–Kier alpha value is 0.194. The third kappa shape index (κ3) is 3.83. The zero-order valence-electron chi connectivity index (χ0n) is 11.0. The maximum absolute atomic E-state index is 5.79. The summed E-state index contributed by atoms with van der Waals surface area (Å²) in [5, 5.41) is 0. The fourth-order valence-electron chi connectivity index (χ4n) is 1.61. The normalized spacial score (nSPS) is 28.2. The zero-order valence-corrected chi connectivity index (χ0v) is 13.0. The molecule has 0 spiro atoms. The molecule has 17 heavy (non-hydrogen) atoms. The number of hydrogen-bond donors (Lipinski definition) is 0. The van der Waals surface area contributed by atoms with E-state index < -0.39 is 17.6 Å². The standard InChI is InChI=1S/C9H22O6Si2/c1-5-11-16(10-4)8-15-17(9-14-16,12-6-2)13-7-3/h5-9H2,1-4H3. The van der Waals surface area contributed by atoms with Gasteiger partial charge in [0.05, 0.1) is 0 Å². The van der Waals surface area contributed by atoms with Crippen LogP contribution in [0.25, 0.3) is 0 Å². The molecule has 0 aromatic carbocycles. The van der Waals surface area contributed by atoms with Gasteiger partial charge in [-0.05, 0) is 20.8 Å². The van der Waals surface area contributed by atoms with E-state index in [1.54, 1.807) is 7.11 Å². The van der Waals surface area contributed by atoms with Crippen molar-refractivity contribution >= 4 is 17.6 Å². The van der Waals surface area contributed by atoms with Gasteiger partial charge in [0.15, 0.2) is 0 Å². The molecule has 0 radical (unpaired) electrons. The number of rotatable bonds is 7. The second-order valence-electron chi connectivity index (χ2n) is 3.45. The maximum Gasteiger partial charge on any atom is 0.526 e. The Labute approximate surface area is 105 Å². The quantitative estimate of drug-likeness (QED) is 0.642. The van der Waals surface area contributed by atoms with E-state index in [2.05, 4.69) is 0 Å². The molecule has 0 N–H and O–H groups in total. The summed E-state index contributed by atoms with van der Waals surface area (Å²) in [6.45, 7) is 7.37. The maximum atomic E-state index is 5.79. The molecule has 102 valence electrons. The third-order valence-electron chi connectivity index (χ3n) is 2.34. The van der Waals surface area contributed by atoms with E-state index in [0.29, 0.717) is 32.3 Å². The van der Waals surface area contributed by atoms with Gasteiger partial charge in [0, 0.05) is 26.9 Å². The molecule has 1 aliphatic heterocycles. The average molecular weight is 282 g/mol. The van der Waals surface area contributed by atoms with Crippen molar-refractivity contribution in [3.8, 4) is 0 Å². The van der Waals surface area contributed by atoms with Crippen LogP contribution in [0, 0.1) is 0 Å². The number of hydrogen-bond acceptors (Lipinski definition) is 6. The highest BCUT2D eigenvalue weighted by Gasteiger charge is 2.55. The predicted molar refractivity (Wildman–Crippen MR) is 65.3 cm³/mol. The van der Waals surface area contributed by atoms with E-state index in [4.69, 9.17) is 26.6 Å². The monoisotopic (exact) mass is 282 g/mol. The minimum absolute atomic E-state index is 0.295. The van der Waals surface area contributed by atoms with E-state index in [0.717, 1.165) is 0 Å². The Morgan fingerprint density at radius 3 is 1.59 bits per heavy atom. The zero-order chi connectivity index (χ0) is 12.8. The summed E-state index contributed by atoms with van der Waals surface area (Å²) in [5.41, 5.74) is 0.